The number of nitrogens with two attached hydrogens (primary N) is 1. The van der Waals surface area contributed by atoms with Crippen LogP contribution in [0.2, 0.25) is 0 Å². The molecular weight excluding hydrogens is 326 g/mol. The van der Waals surface area contributed by atoms with Crippen LogP contribution >= 0.6 is 0 Å². The van der Waals surface area contributed by atoms with Gasteiger partial charge in [-0.1, -0.05) is 44.5 Å². The number of amides is 1. The topological polar surface area (TPSA) is 67.6 Å². The molecule has 0 radical (unpaired) electrons. The Bertz CT molecular complexity index is 544. The van der Waals surface area contributed by atoms with Crippen molar-refractivity contribution in [2.45, 2.75) is 58.7 Å². The Morgan fingerprint density at radius 2 is 2.04 bits per heavy atom. The second-order valence-corrected chi connectivity index (χ2v) is 7.24. The van der Waals surface area contributed by atoms with Crippen molar-refractivity contribution in [2.24, 2.45) is 11.7 Å². The lowest BCUT2D eigenvalue weighted by atomic mass is 9.92. The molecule has 0 bridgehead atoms. The second kappa shape index (κ2) is 11.3. The fraction of sp³-hybridized carbons (Fsp3) is 0.667. The molecule has 1 saturated heterocycles. The summed E-state index contributed by atoms with van der Waals surface area (Å²) in [6.07, 6.45) is 4.19. The summed E-state index contributed by atoms with van der Waals surface area (Å²) in [7, 11) is 0. The Kier molecular flexibility index (Phi) is 9.09. The third-order valence-electron chi connectivity index (χ3n) is 5.22. The zero-order chi connectivity index (χ0) is 18.8. The van der Waals surface area contributed by atoms with Crippen LogP contribution in [-0.4, -0.2) is 43.2 Å². The van der Waals surface area contributed by atoms with Gasteiger partial charge in [-0.3, -0.25) is 9.69 Å². The van der Waals surface area contributed by atoms with Crippen molar-refractivity contribution < 1.29 is 9.53 Å². The average molecular weight is 362 g/mol. The van der Waals surface area contributed by atoms with Gasteiger partial charge in [0.2, 0.25) is 5.91 Å². The number of rotatable bonds is 10. The number of carbonyl (C=O) groups is 1. The monoisotopic (exact) mass is 361 g/mol. The van der Waals surface area contributed by atoms with Crippen molar-refractivity contribution in [2.75, 3.05) is 26.3 Å². The molecule has 0 spiro atoms. The Labute approximate surface area is 158 Å². The highest BCUT2D eigenvalue weighted by molar-refractivity contribution is 5.81. The summed E-state index contributed by atoms with van der Waals surface area (Å²) >= 11 is 0. The maximum atomic E-state index is 12.4. The molecule has 2 rings (SSSR count). The number of hydrogen-bond acceptors (Lipinski definition) is 4. The first-order valence-corrected chi connectivity index (χ1v) is 10.0. The first kappa shape index (κ1) is 20.9. The average Bonchev–Trinajstić information content (AvgIpc) is 2.69. The van der Waals surface area contributed by atoms with Crippen LogP contribution in [0.5, 0.6) is 0 Å². The largest absolute Gasteiger partial charge is 0.381 e. The summed E-state index contributed by atoms with van der Waals surface area (Å²) in [5.74, 6) is 0.173. The van der Waals surface area contributed by atoms with Crippen molar-refractivity contribution in [1.29, 1.82) is 0 Å². The van der Waals surface area contributed by atoms with E-state index in [0.717, 1.165) is 38.0 Å². The molecule has 146 valence electrons. The zero-order valence-electron chi connectivity index (χ0n) is 16.4. The smallest absolute Gasteiger partial charge is 0.237 e. The molecule has 1 atom stereocenters. The second-order valence-electron chi connectivity index (χ2n) is 7.24. The van der Waals surface area contributed by atoms with Gasteiger partial charge in [0.25, 0.3) is 0 Å². The van der Waals surface area contributed by atoms with E-state index in [2.05, 4.69) is 48.3 Å². The van der Waals surface area contributed by atoms with E-state index in [0.29, 0.717) is 19.8 Å². The van der Waals surface area contributed by atoms with Crippen molar-refractivity contribution in [3.05, 3.63) is 35.4 Å². The lowest BCUT2D eigenvalue weighted by Gasteiger charge is -2.26. The highest BCUT2D eigenvalue weighted by atomic mass is 16.5. The molecule has 0 saturated carbocycles. The van der Waals surface area contributed by atoms with E-state index in [-0.39, 0.29) is 11.8 Å². The van der Waals surface area contributed by atoms with Gasteiger partial charge in [0.15, 0.2) is 0 Å². The first-order valence-electron chi connectivity index (χ1n) is 10.0. The highest BCUT2D eigenvalue weighted by Gasteiger charge is 2.26. The molecular formula is C21H35N3O2. The van der Waals surface area contributed by atoms with Gasteiger partial charge < -0.3 is 15.8 Å². The van der Waals surface area contributed by atoms with Gasteiger partial charge in [0, 0.05) is 26.3 Å². The minimum absolute atomic E-state index is 0.0552. The predicted molar refractivity (Wildman–Crippen MR) is 106 cm³/mol. The van der Waals surface area contributed by atoms with Crippen LogP contribution in [0.4, 0.5) is 0 Å². The van der Waals surface area contributed by atoms with Crippen LogP contribution in [0.1, 0.15) is 50.7 Å². The van der Waals surface area contributed by atoms with E-state index < -0.39 is 6.04 Å². The van der Waals surface area contributed by atoms with E-state index in [1.165, 1.54) is 18.4 Å². The minimum Gasteiger partial charge on any atom is -0.381 e. The summed E-state index contributed by atoms with van der Waals surface area (Å²) in [5, 5.41) is 3.01. The van der Waals surface area contributed by atoms with Gasteiger partial charge in [-0.15, -0.1) is 0 Å². The van der Waals surface area contributed by atoms with Crippen molar-refractivity contribution in [3.63, 3.8) is 0 Å². The van der Waals surface area contributed by atoms with Gasteiger partial charge in [0.1, 0.15) is 0 Å². The molecule has 1 aliphatic heterocycles. The van der Waals surface area contributed by atoms with Crippen LogP contribution in [0.25, 0.3) is 0 Å². The standard InChI is InChI=1S/C21H35N3O2/c1-3-5-11-24(4-2)16-18-8-6-7-17(14-18)15-23-21(25)20(22)19-9-12-26-13-10-19/h6-8,14,19-20H,3-5,9-13,15-16,22H2,1-2H3,(H,23,25). The molecule has 0 aromatic heterocycles. The molecule has 1 fully saturated rings. The van der Waals surface area contributed by atoms with Crippen molar-refractivity contribution in [1.82, 2.24) is 10.2 Å². The number of benzene rings is 1. The Morgan fingerprint density at radius 3 is 2.73 bits per heavy atom. The number of nitrogens with zero attached hydrogens (tertiary/aromatic N) is 1. The summed E-state index contributed by atoms with van der Waals surface area (Å²) in [4.78, 5) is 14.8. The van der Waals surface area contributed by atoms with Crippen LogP contribution in [-0.2, 0) is 22.6 Å². The summed E-state index contributed by atoms with van der Waals surface area (Å²) in [6.45, 7) is 9.53. The van der Waals surface area contributed by atoms with E-state index in [9.17, 15) is 4.79 Å². The fourth-order valence-corrected chi connectivity index (χ4v) is 3.42. The first-order chi connectivity index (χ1) is 12.6. The normalized spacial score (nSPS) is 16.6. The molecule has 1 heterocycles. The highest BCUT2D eigenvalue weighted by Crippen LogP contribution is 2.18. The van der Waals surface area contributed by atoms with Crippen LogP contribution in [0.3, 0.4) is 0 Å². The van der Waals surface area contributed by atoms with Gasteiger partial charge in [-0.05, 0) is 49.4 Å². The maximum absolute atomic E-state index is 12.4. The number of carbonyl (C=O) groups excluding carboxylic acids is 1. The molecule has 5 nitrogen and oxygen atoms in total. The van der Waals surface area contributed by atoms with Crippen molar-refractivity contribution >= 4 is 5.91 Å². The Hall–Kier alpha value is -1.43. The number of nitrogens with one attached hydrogen (secondary N) is 1. The number of hydrogen-bond donors (Lipinski definition) is 2. The number of ether oxygens (including phenoxy) is 1. The summed E-state index contributed by atoms with van der Waals surface area (Å²) in [6, 6.07) is 8.05. The molecule has 1 amide bonds. The van der Waals surface area contributed by atoms with Crippen LogP contribution in [0, 0.1) is 5.92 Å². The van der Waals surface area contributed by atoms with E-state index in [1.54, 1.807) is 0 Å². The lowest BCUT2D eigenvalue weighted by molar-refractivity contribution is -0.124. The van der Waals surface area contributed by atoms with E-state index >= 15 is 0 Å². The van der Waals surface area contributed by atoms with E-state index in [1.807, 2.05) is 0 Å². The molecule has 26 heavy (non-hydrogen) atoms. The quantitative estimate of drug-likeness (QED) is 0.672. The van der Waals surface area contributed by atoms with Crippen molar-refractivity contribution in [3.8, 4) is 0 Å². The summed E-state index contributed by atoms with van der Waals surface area (Å²) < 4.78 is 5.35. The van der Waals surface area contributed by atoms with Crippen LogP contribution in [0.15, 0.2) is 24.3 Å². The molecule has 1 unspecified atom stereocenters. The SMILES string of the molecule is CCCCN(CC)Cc1cccc(CNC(=O)C(N)C2CCOCC2)c1. The molecule has 1 aromatic carbocycles. The molecule has 0 aliphatic carbocycles. The Balaban J connectivity index is 1.84. The van der Waals surface area contributed by atoms with E-state index in [4.69, 9.17) is 10.5 Å². The van der Waals surface area contributed by atoms with Gasteiger partial charge >= 0.3 is 0 Å². The Morgan fingerprint density at radius 1 is 1.31 bits per heavy atom. The van der Waals surface area contributed by atoms with Gasteiger partial charge in [0.05, 0.1) is 6.04 Å². The fourth-order valence-electron chi connectivity index (χ4n) is 3.42. The zero-order valence-corrected chi connectivity index (χ0v) is 16.4. The predicted octanol–water partition coefficient (Wildman–Crippen LogP) is 2.68. The maximum Gasteiger partial charge on any atom is 0.237 e. The third kappa shape index (κ3) is 6.71. The minimum atomic E-state index is -0.438. The molecule has 1 aromatic rings. The lowest BCUT2D eigenvalue weighted by Crippen LogP contribution is -2.46. The van der Waals surface area contributed by atoms with Crippen LogP contribution < -0.4 is 11.1 Å². The molecule has 5 heteroatoms. The van der Waals surface area contributed by atoms with Gasteiger partial charge in [-0.2, -0.15) is 0 Å². The molecule has 1 aliphatic rings. The number of unbranched alkanes of at least 4 members (excludes halogenated alkanes) is 1. The van der Waals surface area contributed by atoms with Gasteiger partial charge in [-0.25, -0.2) is 0 Å². The third-order valence-corrected chi connectivity index (χ3v) is 5.22. The summed E-state index contributed by atoms with van der Waals surface area (Å²) in [5.41, 5.74) is 8.56. The molecule has 3 N–H and O–H groups in total.